The Morgan fingerprint density at radius 1 is 0.333 bits per heavy atom. The Morgan fingerprint density at radius 2 is 0.833 bits per heavy atom. The summed E-state index contributed by atoms with van der Waals surface area (Å²) >= 11 is 0. The first-order valence-corrected chi connectivity index (χ1v) is 16.4. The number of hydrogen-bond acceptors (Lipinski definition) is 1. The van der Waals surface area contributed by atoms with Crippen LogP contribution in [-0.4, -0.2) is 4.57 Å². The van der Waals surface area contributed by atoms with Crippen molar-refractivity contribution < 1.29 is 0 Å². The van der Waals surface area contributed by atoms with E-state index < -0.39 is 0 Å². The van der Waals surface area contributed by atoms with Crippen LogP contribution in [0.5, 0.6) is 0 Å². The zero-order valence-electron chi connectivity index (χ0n) is 26.4. The molecule has 0 aliphatic heterocycles. The van der Waals surface area contributed by atoms with E-state index in [0.29, 0.717) is 0 Å². The number of para-hydroxylation sites is 3. The van der Waals surface area contributed by atoms with Crippen LogP contribution in [0, 0.1) is 0 Å². The van der Waals surface area contributed by atoms with Gasteiger partial charge in [0, 0.05) is 33.5 Å². The summed E-state index contributed by atoms with van der Waals surface area (Å²) in [7, 11) is 0. The Morgan fingerprint density at radius 3 is 1.52 bits per heavy atom. The molecule has 226 valence electrons. The van der Waals surface area contributed by atoms with E-state index in [1.165, 1.54) is 54.8 Å². The average Bonchev–Trinajstić information content (AvgIpc) is 3.50. The quantitative estimate of drug-likeness (QED) is 0.181. The predicted molar refractivity (Wildman–Crippen MR) is 204 cm³/mol. The molecule has 1 heterocycles. The number of fused-ring (bicyclic) bond motifs is 4. The highest BCUT2D eigenvalue weighted by Crippen LogP contribution is 2.41. The number of aromatic nitrogens is 1. The fraction of sp³-hybridized carbons (Fsp3) is 0. The molecule has 0 aliphatic rings. The number of hydrogen-bond donors (Lipinski definition) is 0. The summed E-state index contributed by atoms with van der Waals surface area (Å²) in [5.41, 5.74) is 11.7. The van der Waals surface area contributed by atoms with Crippen molar-refractivity contribution in [2.24, 2.45) is 0 Å². The van der Waals surface area contributed by atoms with Gasteiger partial charge < -0.3 is 9.47 Å². The minimum absolute atomic E-state index is 1.11. The fourth-order valence-electron chi connectivity index (χ4n) is 7.16. The van der Waals surface area contributed by atoms with Crippen LogP contribution in [0.3, 0.4) is 0 Å². The molecule has 0 saturated carbocycles. The molecule has 0 bridgehead atoms. The monoisotopic (exact) mass is 612 g/mol. The smallest absolute Gasteiger partial charge is 0.0541 e. The van der Waals surface area contributed by atoms with Crippen LogP contribution in [-0.2, 0) is 0 Å². The topological polar surface area (TPSA) is 8.17 Å². The molecule has 0 aliphatic carbocycles. The molecule has 0 spiro atoms. The molecule has 8 aromatic carbocycles. The fourth-order valence-corrected chi connectivity index (χ4v) is 7.16. The number of benzene rings is 8. The summed E-state index contributed by atoms with van der Waals surface area (Å²) in [4.78, 5) is 2.36. The van der Waals surface area contributed by atoms with Crippen molar-refractivity contribution in [1.82, 2.24) is 4.57 Å². The van der Waals surface area contributed by atoms with Crippen LogP contribution in [0.1, 0.15) is 0 Å². The van der Waals surface area contributed by atoms with Gasteiger partial charge in [0.05, 0.1) is 11.0 Å². The van der Waals surface area contributed by atoms with Gasteiger partial charge in [-0.25, -0.2) is 0 Å². The molecule has 1 aromatic heterocycles. The number of rotatable bonds is 6. The standard InChI is InChI=1S/C46H32N2/c1-3-15-33(16-4-1)34-18-13-22-38(29-34)47(37-20-5-2-6-21-37)39-23-14-19-36(30-39)44-32-40(31-35-17-7-8-24-41(35)44)48-45-27-11-9-25-42(45)43-26-10-12-28-46(43)48/h1-32H. The first-order valence-electron chi connectivity index (χ1n) is 16.4. The summed E-state index contributed by atoms with van der Waals surface area (Å²) in [5, 5.41) is 4.98. The zero-order valence-corrected chi connectivity index (χ0v) is 26.4. The van der Waals surface area contributed by atoms with E-state index in [-0.39, 0.29) is 0 Å². The second kappa shape index (κ2) is 11.8. The molecule has 0 fully saturated rings. The molecule has 0 unspecified atom stereocenters. The van der Waals surface area contributed by atoms with E-state index in [1.807, 2.05) is 0 Å². The van der Waals surface area contributed by atoms with Crippen LogP contribution in [0.25, 0.3) is 60.5 Å². The molecule has 9 aromatic rings. The Labute approximate surface area is 280 Å². The van der Waals surface area contributed by atoms with Gasteiger partial charge in [-0.05, 0) is 93.7 Å². The van der Waals surface area contributed by atoms with Gasteiger partial charge >= 0.3 is 0 Å². The number of anilines is 3. The van der Waals surface area contributed by atoms with Crippen molar-refractivity contribution in [3.05, 3.63) is 194 Å². The first-order chi connectivity index (χ1) is 23.8. The molecule has 48 heavy (non-hydrogen) atoms. The molecule has 2 nitrogen and oxygen atoms in total. The van der Waals surface area contributed by atoms with Crippen molar-refractivity contribution in [3.8, 4) is 27.9 Å². The van der Waals surface area contributed by atoms with Crippen molar-refractivity contribution in [2.75, 3.05) is 4.90 Å². The molecule has 0 saturated heterocycles. The Bertz CT molecular complexity index is 2510. The van der Waals surface area contributed by atoms with Crippen LogP contribution in [0.15, 0.2) is 194 Å². The molecular weight excluding hydrogens is 581 g/mol. The molecular formula is C46H32N2. The van der Waals surface area contributed by atoms with Crippen molar-refractivity contribution in [3.63, 3.8) is 0 Å². The highest BCUT2D eigenvalue weighted by atomic mass is 15.1. The SMILES string of the molecule is c1ccc(-c2cccc(N(c3ccccc3)c3cccc(-c4cc(-n5c6ccccc6c6ccccc65)cc5ccccc45)c3)c2)cc1. The highest BCUT2D eigenvalue weighted by Gasteiger charge is 2.17. The summed E-state index contributed by atoms with van der Waals surface area (Å²) < 4.78 is 2.41. The van der Waals surface area contributed by atoms with Gasteiger partial charge in [-0.3, -0.25) is 0 Å². The Hall–Kier alpha value is -6.38. The highest BCUT2D eigenvalue weighted by molar-refractivity contribution is 6.10. The summed E-state index contributed by atoms with van der Waals surface area (Å²) in [5.74, 6) is 0. The summed E-state index contributed by atoms with van der Waals surface area (Å²) in [6.07, 6.45) is 0. The average molecular weight is 613 g/mol. The third-order valence-electron chi connectivity index (χ3n) is 9.33. The van der Waals surface area contributed by atoms with Gasteiger partial charge in [-0.15, -0.1) is 0 Å². The van der Waals surface area contributed by atoms with Gasteiger partial charge in [0.2, 0.25) is 0 Å². The largest absolute Gasteiger partial charge is 0.310 e. The minimum atomic E-state index is 1.11. The first kappa shape index (κ1) is 27.9. The molecule has 0 atom stereocenters. The van der Waals surface area contributed by atoms with Gasteiger partial charge in [-0.2, -0.15) is 0 Å². The lowest BCUT2D eigenvalue weighted by Gasteiger charge is -2.26. The van der Waals surface area contributed by atoms with Gasteiger partial charge in [-0.1, -0.05) is 133 Å². The van der Waals surface area contributed by atoms with Crippen molar-refractivity contribution in [2.45, 2.75) is 0 Å². The summed E-state index contributed by atoms with van der Waals surface area (Å²) in [6.45, 7) is 0. The normalized spacial score (nSPS) is 11.3. The molecule has 9 rings (SSSR count). The molecule has 0 radical (unpaired) electrons. The predicted octanol–water partition coefficient (Wildman–Crippen LogP) is 12.7. The Balaban J connectivity index is 1.24. The maximum atomic E-state index is 2.41. The summed E-state index contributed by atoms with van der Waals surface area (Å²) in [6, 6.07) is 69.9. The molecule has 2 heteroatoms. The van der Waals surface area contributed by atoms with Crippen LogP contribution in [0.4, 0.5) is 17.1 Å². The van der Waals surface area contributed by atoms with E-state index in [1.54, 1.807) is 0 Å². The lowest BCUT2D eigenvalue weighted by atomic mass is 9.96. The van der Waals surface area contributed by atoms with Crippen molar-refractivity contribution >= 4 is 49.6 Å². The second-order valence-electron chi connectivity index (χ2n) is 12.2. The lowest BCUT2D eigenvalue weighted by molar-refractivity contribution is 1.19. The van der Waals surface area contributed by atoms with Gasteiger partial charge in [0.15, 0.2) is 0 Å². The van der Waals surface area contributed by atoms with Gasteiger partial charge in [0.25, 0.3) is 0 Å². The van der Waals surface area contributed by atoms with E-state index >= 15 is 0 Å². The van der Waals surface area contributed by atoms with E-state index in [9.17, 15) is 0 Å². The van der Waals surface area contributed by atoms with E-state index in [2.05, 4.69) is 204 Å². The zero-order chi connectivity index (χ0) is 31.9. The second-order valence-corrected chi connectivity index (χ2v) is 12.2. The minimum Gasteiger partial charge on any atom is -0.310 e. The number of nitrogens with zero attached hydrogens (tertiary/aromatic N) is 2. The van der Waals surface area contributed by atoms with Crippen LogP contribution >= 0.6 is 0 Å². The maximum Gasteiger partial charge on any atom is 0.0541 e. The maximum absolute atomic E-state index is 2.41. The third-order valence-corrected chi connectivity index (χ3v) is 9.33. The molecule has 0 amide bonds. The van der Waals surface area contributed by atoms with Gasteiger partial charge in [0.1, 0.15) is 0 Å². The third kappa shape index (κ3) is 4.83. The van der Waals surface area contributed by atoms with E-state index in [4.69, 9.17) is 0 Å². The van der Waals surface area contributed by atoms with E-state index in [0.717, 1.165) is 22.7 Å². The Kier molecular flexibility index (Phi) is 6.84. The lowest BCUT2D eigenvalue weighted by Crippen LogP contribution is -2.10. The van der Waals surface area contributed by atoms with Crippen molar-refractivity contribution in [1.29, 1.82) is 0 Å². The van der Waals surface area contributed by atoms with Crippen LogP contribution < -0.4 is 4.90 Å². The van der Waals surface area contributed by atoms with Crippen LogP contribution in [0.2, 0.25) is 0 Å². The molecule has 0 N–H and O–H groups in total.